The molecule has 0 spiro atoms. The molecule has 2 heterocycles. The van der Waals surface area contributed by atoms with E-state index in [1.807, 2.05) is 0 Å². The highest BCUT2D eigenvalue weighted by Crippen LogP contribution is 2.19. The van der Waals surface area contributed by atoms with Crippen LogP contribution in [0.3, 0.4) is 0 Å². The lowest BCUT2D eigenvalue weighted by molar-refractivity contribution is 0.379. The summed E-state index contributed by atoms with van der Waals surface area (Å²) in [7, 11) is 2.23. The molecule has 2 atom stereocenters. The Labute approximate surface area is 100.0 Å². The second-order valence-corrected chi connectivity index (χ2v) is 6.33. The molecule has 2 fully saturated rings. The van der Waals surface area contributed by atoms with E-state index in [1.54, 1.807) is 0 Å². The van der Waals surface area contributed by atoms with E-state index in [2.05, 4.69) is 36.4 Å². The maximum Gasteiger partial charge on any atom is 0.0210 e. The van der Waals surface area contributed by atoms with E-state index in [0.717, 1.165) is 12.5 Å². The molecule has 0 amide bonds. The number of hydrogen-bond donors (Lipinski definition) is 2. The van der Waals surface area contributed by atoms with Crippen LogP contribution in [0.15, 0.2) is 0 Å². The predicted molar refractivity (Wildman–Crippen MR) is 68.7 cm³/mol. The first-order valence-corrected chi connectivity index (χ1v) is 6.72. The van der Waals surface area contributed by atoms with E-state index in [0.29, 0.717) is 11.6 Å². The molecule has 0 aromatic heterocycles. The third-order valence-electron chi connectivity index (χ3n) is 4.06. The van der Waals surface area contributed by atoms with Gasteiger partial charge in [-0.05, 0) is 59.2 Å². The summed E-state index contributed by atoms with van der Waals surface area (Å²) in [4.78, 5) is 2.45. The number of rotatable bonds is 4. The highest BCUT2D eigenvalue weighted by molar-refractivity contribution is 4.93. The molecule has 2 rings (SSSR count). The fourth-order valence-electron chi connectivity index (χ4n) is 3.06. The zero-order valence-electron chi connectivity index (χ0n) is 11.1. The Morgan fingerprint density at radius 3 is 2.81 bits per heavy atom. The minimum absolute atomic E-state index is 0.339. The lowest BCUT2D eigenvalue weighted by Crippen LogP contribution is -2.32. The van der Waals surface area contributed by atoms with Gasteiger partial charge in [-0.15, -0.1) is 0 Å². The molecular weight excluding hydrogens is 198 g/mol. The lowest BCUT2D eigenvalue weighted by atomic mass is 10.0. The summed E-state index contributed by atoms with van der Waals surface area (Å²) in [5, 5.41) is 7.26. The standard InChI is InChI=1S/C13H27N3/c1-13(2)8-12(9-15-13)14-6-4-11-5-7-16(3)10-11/h11-12,14-15H,4-10H2,1-3H3. The number of likely N-dealkylation sites (tertiary alicyclic amines) is 1. The second kappa shape index (κ2) is 5.03. The summed E-state index contributed by atoms with van der Waals surface area (Å²) in [6.07, 6.45) is 4.01. The van der Waals surface area contributed by atoms with E-state index >= 15 is 0 Å². The molecule has 0 aliphatic carbocycles. The molecule has 3 heteroatoms. The van der Waals surface area contributed by atoms with Crippen molar-refractivity contribution in [3.05, 3.63) is 0 Å². The molecule has 2 aliphatic heterocycles. The summed E-state index contributed by atoms with van der Waals surface area (Å²) in [6.45, 7) is 9.51. The van der Waals surface area contributed by atoms with Crippen molar-refractivity contribution in [3.8, 4) is 0 Å². The first kappa shape index (κ1) is 12.3. The molecule has 0 aromatic carbocycles. The zero-order valence-corrected chi connectivity index (χ0v) is 11.1. The molecule has 0 aromatic rings. The predicted octanol–water partition coefficient (Wildman–Crippen LogP) is 1.06. The van der Waals surface area contributed by atoms with Gasteiger partial charge in [0.2, 0.25) is 0 Å². The molecule has 2 N–H and O–H groups in total. The van der Waals surface area contributed by atoms with Crippen molar-refractivity contribution in [2.75, 3.05) is 33.2 Å². The van der Waals surface area contributed by atoms with Crippen LogP contribution in [0.25, 0.3) is 0 Å². The fourth-order valence-corrected chi connectivity index (χ4v) is 3.06. The normalized spacial score (nSPS) is 34.7. The molecule has 0 radical (unpaired) electrons. The van der Waals surface area contributed by atoms with E-state index in [4.69, 9.17) is 0 Å². The summed E-state index contributed by atoms with van der Waals surface area (Å²) in [5.41, 5.74) is 0.339. The second-order valence-electron chi connectivity index (χ2n) is 6.33. The van der Waals surface area contributed by atoms with Crippen LogP contribution in [-0.4, -0.2) is 49.7 Å². The van der Waals surface area contributed by atoms with Crippen LogP contribution < -0.4 is 10.6 Å². The SMILES string of the molecule is CN1CCC(CCNC2CNC(C)(C)C2)C1. The summed E-state index contributed by atoms with van der Waals surface area (Å²) < 4.78 is 0. The Morgan fingerprint density at radius 1 is 1.44 bits per heavy atom. The van der Waals surface area contributed by atoms with Crippen molar-refractivity contribution in [3.63, 3.8) is 0 Å². The Morgan fingerprint density at radius 2 is 2.25 bits per heavy atom. The molecular formula is C13H27N3. The maximum atomic E-state index is 3.70. The van der Waals surface area contributed by atoms with Crippen molar-refractivity contribution < 1.29 is 0 Å². The summed E-state index contributed by atoms with van der Waals surface area (Å²) in [6, 6.07) is 0.689. The van der Waals surface area contributed by atoms with Crippen LogP contribution in [0.1, 0.15) is 33.1 Å². The van der Waals surface area contributed by atoms with Gasteiger partial charge in [0.05, 0.1) is 0 Å². The monoisotopic (exact) mass is 225 g/mol. The van der Waals surface area contributed by atoms with Gasteiger partial charge in [0.1, 0.15) is 0 Å². The average molecular weight is 225 g/mol. The molecule has 94 valence electrons. The van der Waals surface area contributed by atoms with Gasteiger partial charge in [0.15, 0.2) is 0 Å². The highest BCUT2D eigenvalue weighted by atomic mass is 15.1. The van der Waals surface area contributed by atoms with Crippen LogP contribution in [0.5, 0.6) is 0 Å². The van der Waals surface area contributed by atoms with Crippen LogP contribution in [0.4, 0.5) is 0 Å². The van der Waals surface area contributed by atoms with Crippen LogP contribution >= 0.6 is 0 Å². The van der Waals surface area contributed by atoms with E-state index in [9.17, 15) is 0 Å². The van der Waals surface area contributed by atoms with Crippen molar-refractivity contribution in [1.29, 1.82) is 0 Å². The van der Waals surface area contributed by atoms with Gasteiger partial charge in [-0.25, -0.2) is 0 Å². The van der Waals surface area contributed by atoms with Crippen molar-refractivity contribution in [2.24, 2.45) is 5.92 Å². The first-order chi connectivity index (χ1) is 7.55. The summed E-state index contributed by atoms with van der Waals surface area (Å²) >= 11 is 0. The van der Waals surface area contributed by atoms with Crippen LogP contribution in [-0.2, 0) is 0 Å². The van der Waals surface area contributed by atoms with Crippen molar-refractivity contribution in [2.45, 2.75) is 44.7 Å². The Bertz CT molecular complexity index is 227. The van der Waals surface area contributed by atoms with E-state index in [-0.39, 0.29) is 0 Å². The minimum Gasteiger partial charge on any atom is -0.313 e. The van der Waals surface area contributed by atoms with Crippen molar-refractivity contribution in [1.82, 2.24) is 15.5 Å². The number of nitrogens with zero attached hydrogens (tertiary/aromatic N) is 1. The third kappa shape index (κ3) is 3.44. The smallest absolute Gasteiger partial charge is 0.0210 e. The largest absolute Gasteiger partial charge is 0.313 e. The Balaban J connectivity index is 1.58. The average Bonchev–Trinajstić information content (AvgIpc) is 2.73. The molecule has 16 heavy (non-hydrogen) atoms. The molecule has 2 aliphatic rings. The Hall–Kier alpha value is -0.120. The van der Waals surface area contributed by atoms with Gasteiger partial charge in [0, 0.05) is 24.7 Å². The van der Waals surface area contributed by atoms with Crippen LogP contribution in [0, 0.1) is 5.92 Å². The quantitative estimate of drug-likeness (QED) is 0.749. The fraction of sp³-hybridized carbons (Fsp3) is 1.00. The van der Waals surface area contributed by atoms with Gasteiger partial charge < -0.3 is 15.5 Å². The highest BCUT2D eigenvalue weighted by Gasteiger charge is 2.29. The minimum atomic E-state index is 0.339. The van der Waals surface area contributed by atoms with E-state index < -0.39 is 0 Å². The van der Waals surface area contributed by atoms with Crippen molar-refractivity contribution >= 4 is 0 Å². The van der Waals surface area contributed by atoms with Gasteiger partial charge in [-0.2, -0.15) is 0 Å². The summed E-state index contributed by atoms with van der Waals surface area (Å²) in [5.74, 6) is 0.930. The van der Waals surface area contributed by atoms with E-state index in [1.165, 1.54) is 38.9 Å². The molecule has 2 saturated heterocycles. The van der Waals surface area contributed by atoms with Gasteiger partial charge in [-0.1, -0.05) is 0 Å². The number of nitrogens with one attached hydrogen (secondary N) is 2. The van der Waals surface area contributed by atoms with Gasteiger partial charge in [0.25, 0.3) is 0 Å². The first-order valence-electron chi connectivity index (χ1n) is 6.72. The van der Waals surface area contributed by atoms with Gasteiger partial charge >= 0.3 is 0 Å². The van der Waals surface area contributed by atoms with Crippen LogP contribution in [0.2, 0.25) is 0 Å². The lowest BCUT2D eigenvalue weighted by Gasteiger charge is -2.18. The molecule has 3 nitrogen and oxygen atoms in total. The third-order valence-corrected chi connectivity index (χ3v) is 4.06. The molecule has 0 bridgehead atoms. The topological polar surface area (TPSA) is 27.3 Å². The maximum absolute atomic E-state index is 3.70. The Kier molecular flexibility index (Phi) is 3.88. The molecule has 0 saturated carbocycles. The number of hydrogen-bond acceptors (Lipinski definition) is 3. The molecule has 2 unspecified atom stereocenters. The van der Waals surface area contributed by atoms with Gasteiger partial charge in [-0.3, -0.25) is 0 Å². The zero-order chi connectivity index (χ0) is 11.6.